The zero-order valence-corrected chi connectivity index (χ0v) is 14.3. The van der Waals surface area contributed by atoms with Crippen LogP contribution < -0.4 is 0 Å². The summed E-state index contributed by atoms with van der Waals surface area (Å²) >= 11 is 0. The maximum Gasteiger partial charge on any atom is 0.307 e. The fraction of sp³-hybridized carbons (Fsp3) is 0.941. The van der Waals surface area contributed by atoms with Crippen molar-refractivity contribution in [2.24, 2.45) is 11.3 Å². The minimum atomic E-state index is -0.0377. The maximum atomic E-state index is 12.1. The summed E-state index contributed by atoms with van der Waals surface area (Å²) in [6.45, 7) is 15.8. The average Bonchev–Trinajstić information content (AvgIpc) is 2.27. The van der Waals surface area contributed by atoms with Gasteiger partial charge < -0.3 is 4.74 Å². The van der Waals surface area contributed by atoms with E-state index in [-0.39, 0.29) is 11.5 Å². The number of esters is 1. The van der Waals surface area contributed by atoms with Gasteiger partial charge in [0.15, 0.2) is 0 Å². The Hall–Kier alpha value is -0.570. The zero-order valence-electron chi connectivity index (χ0n) is 14.3. The van der Waals surface area contributed by atoms with E-state index in [1.54, 1.807) is 0 Å². The van der Waals surface area contributed by atoms with E-state index in [1.165, 1.54) is 6.42 Å². The molecule has 1 rings (SSSR count). The second-order valence-electron chi connectivity index (χ2n) is 7.23. The molecule has 0 bridgehead atoms. The summed E-state index contributed by atoms with van der Waals surface area (Å²) in [5.41, 5.74) is 0.281. The Bertz CT molecular complexity index is 323. The van der Waals surface area contributed by atoms with Crippen LogP contribution in [-0.2, 0) is 9.53 Å². The smallest absolute Gasteiger partial charge is 0.307 e. The molecule has 2 unspecified atom stereocenters. The van der Waals surface area contributed by atoms with Crippen LogP contribution in [0.15, 0.2) is 0 Å². The highest BCUT2D eigenvalue weighted by Gasteiger charge is 2.47. The molecule has 3 heteroatoms. The van der Waals surface area contributed by atoms with Crippen LogP contribution in [0.4, 0.5) is 0 Å². The van der Waals surface area contributed by atoms with E-state index in [9.17, 15) is 4.79 Å². The number of rotatable bonds is 6. The second kappa shape index (κ2) is 6.93. The Labute approximate surface area is 125 Å². The Morgan fingerprint density at radius 1 is 1.20 bits per heavy atom. The van der Waals surface area contributed by atoms with E-state index < -0.39 is 0 Å². The molecule has 0 aromatic rings. The molecule has 0 aromatic carbocycles. The molecule has 1 saturated carbocycles. The topological polar surface area (TPSA) is 29.5 Å². The first kappa shape index (κ1) is 17.5. The maximum absolute atomic E-state index is 12.1. The molecule has 0 radical (unpaired) electrons. The van der Waals surface area contributed by atoms with Crippen LogP contribution in [0.25, 0.3) is 0 Å². The van der Waals surface area contributed by atoms with Crippen molar-refractivity contribution >= 4 is 5.97 Å². The molecule has 0 spiro atoms. The standard InChI is InChI=1S/C17H33NO2/c1-7-18(8-2)17(12-15(19)20-9-3)11-14(4)10-16(5,6)13-17/h14H,7-13H2,1-6H3. The zero-order chi connectivity index (χ0) is 15.4. The average molecular weight is 283 g/mol. The van der Waals surface area contributed by atoms with Crippen LogP contribution in [0.1, 0.15) is 67.2 Å². The van der Waals surface area contributed by atoms with Crippen molar-refractivity contribution in [1.29, 1.82) is 0 Å². The predicted octanol–water partition coefficient (Wildman–Crippen LogP) is 3.87. The highest BCUT2D eigenvalue weighted by Crippen LogP contribution is 2.48. The molecule has 1 aliphatic rings. The molecule has 0 aliphatic heterocycles. The molecule has 20 heavy (non-hydrogen) atoms. The van der Waals surface area contributed by atoms with Crippen molar-refractivity contribution in [1.82, 2.24) is 4.90 Å². The number of nitrogens with zero attached hydrogens (tertiary/aromatic N) is 1. The number of hydrogen-bond acceptors (Lipinski definition) is 3. The number of ether oxygens (including phenoxy) is 1. The molecule has 1 fully saturated rings. The normalized spacial score (nSPS) is 29.4. The summed E-state index contributed by atoms with van der Waals surface area (Å²) in [7, 11) is 0. The molecule has 0 saturated heterocycles. The van der Waals surface area contributed by atoms with Crippen molar-refractivity contribution < 1.29 is 9.53 Å². The fourth-order valence-electron chi connectivity index (χ4n) is 4.56. The molecular formula is C17H33NO2. The van der Waals surface area contributed by atoms with Gasteiger partial charge in [-0.25, -0.2) is 0 Å². The van der Waals surface area contributed by atoms with Crippen molar-refractivity contribution in [2.75, 3.05) is 19.7 Å². The van der Waals surface area contributed by atoms with Gasteiger partial charge >= 0.3 is 5.97 Å². The molecule has 118 valence electrons. The molecule has 3 nitrogen and oxygen atoms in total. The van der Waals surface area contributed by atoms with E-state index in [0.717, 1.165) is 25.9 Å². The monoisotopic (exact) mass is 283 g/mol. The molecule has 0 amide bonds. The molecular weight excluding hydrogens is 250 g/mol. The van der Waals surface area contributed by atoms with Gasteiger partial charge in [-0.2, -0.15) is 0 Å². The van der Waals surface area contributed by atoms with Gasteiger partial charge in [-0.3, -0.25) is 9.69 Å². The Balaban J connectivity index is 3.02. The summed E-state index contributed by atoms with van der Waals surface area (Å²) in [6, 6.07) is 0. The van der Waals surface area contributed by atoms with Gasteiger partial charge in [0.25, 0.3) is 0 Å². The minimum Gasteiger partial charge on any atom is -0.466 e. The van der Waals surface area contributed by atoms with Crippen LogP contribution in [0.5, 0.6) is 0 Å². The van der Waals surface area contributed by atoms with Crippen molar-refractivity contribution in [3.8, 4) is 0 Å². The van der Waals surface area contributed by atoms with E-state index in [4.69, 9.17) is 4.74 Å². The largest absolute Gasteiger partial charge is 0.466 e. The number of carbonyl (C=O) groups excluding carboxylic acids is 1. The predicted molar refractivity (Wildman–Crippen MR) is 83.7 cm³/mol. The molecule has 0 N–H and O–H groups in total. The van der Waals surface area contributed by atoms with Crippen molar-refractivity contribution in [2.45, 2.75) is 72.8 Å². The van der Waals surface area contributed by atoms with E-state index >= 15 is 0 Å². The van der Waals surface area contributed by atoms with Gasteiger partial charge in [0.05, 0.1) is 13.0 Å². The van der Waals surface area contributed by atoms with Gasteiger partial charge in [0.2, 0.25) is 0 Å². The lowest BCUT2D eigenvalue weighted by atomic mass is 9.62. The van der Waals surface area contributed by atoms with Crippen LogP contribution >= 0.6 is 0 Å². The highest BCUT2D eigenvalue weighted by molar-refractivity contribution is 5.71. The quantitative estimate of drug-likeness (QED) is 0.693. The first-order chi connectivity index (χ1) is 9.28. The third kappa shape index (κ3) is 4.21. The van der Waals surface area contributed by atoms with Crippen molar-refractivity contribution in [3.05, 3.63) is 0 Å². The third-order valence-corrected chi connectivity index (χ3v) is 4.65. The number of carbonyl (C=O) groups is 1. The summed E-state index contributed by atoms with van der Waals surface area (Å²) < 4.78 is 5.25. The van der Waals surface area contributed by atoms with E-state index in [0.29, 0.717) is 24.4 Å². The van der Waals surface area contributed by atoms with Crippen LogP contribution in [0.3, 0.4) is 0 Å². The Morgan fingerprint density at radius 3 is 2.25 bits per heavy atom. The van der Waals surface area contributed by atoms with Crippen molar-refractivity contribution in [3.63, 3.8) is 0 Å². The molecule has 2 atom stereocenters. The first-order valence-corrected chi connectivity index (χ1v) is 8.19. The van der Waals surface area contributed by atoms with Crippen LogP contribution in [0, 0.1) is 11.3 Å². The highest BCUT2D eigenvalue weighted by atomic mass is 16.5. The third-order valence-electron chi connectivity index (χ3n) is 4.65. The lowest BCUT2D eigenvalue weighted by molar-refractivity contribution is -0.149. The lowest BCUT2D eigenvalue weighted by Gasteiger charge is -2.52. The first-order valence-electron chi connectivity index (χ1n) is 8.19. The summed E-state index contributed by atoms with van der Waals surface area (Å²) in [5.74, 6) is 0.623. The summed E-state index contributed by atoms with van der Waals surface area (Å²) in [6.07, 6.45) is 3.98. The van der Waals surface area contributed by atoms with Gasteiger partial charge in [-0.15, -0.1) is 0 Å². The summed E-state index contributed by atoms with van der Waals surface area (Å²) in [5, 5.41) is 0. The Kier molecular flexibility index (Phi) is 6.06. The number of hydrogen-bond donors (Lipinski definition) is 0. The Morgan fingerprint density at radius 2 is 1.80 bits per heavy atom. The van der Waals surface area contributed by atoms with Crippen LogP contribution in [-0.4, -0.2) is 36.1 Å². The fourth-order valence-corrected chi connectivity index (χ4v) is 4.56. The molecule has 0 aromatic heterocycles. The SMILES string of the molecule is CCOC(=O)CC1(N(CC)CC)CC(C)CC(C)(C)C1. The lowest BCUT2D eigenvalue weighted by Crippen LogP contribution is -2.56. The van der Waals surface area contributed by atoms with Gasteiger partial charge in [-0.1, -0.05) is 34.6 Å². The van der Waals surface area contributed by atoms with E-state index in [1.807, 2.05) is 6.92 Å². The van der Waals surface area contributed by atoms with Gasteiger partial charge in [0.1, 0.15) is 0 Å². The van der Waals surface area contributed by atoms with Gasteiger partial charge in [-0.05, 0) is 50.6 Å². The van der Waals surface area contributed by atoms with Crippen LogP contribution in [0.2, 0.25) is 0 Å². The second-order valence-corrected chi connectivity index (χ2v) is 7.23. The minimum absolute atomic E-state index is 0.0169. The molecule has 1 aliphatic carbocycles. The van der Waals surface area contributed by atoms with E-state index in [2.05, 4.69) is 39.5 Å². The van der Waals surface area contributed by atoms with Gasteiger partial charge in [0, 0.05) is 5.54 Å². The molecule has 0 heterocycles. The summed E-state index contributed by atoms with van der Waals surface area (Å²) in [4.78, 5) is 14.6.